The van der Waals surface area contributed by atoms with Gasteiger partial charge in [0.2, 0.25) is 0 Å². The number of urea groups is 1. The van der Waals surface area contributed by atoms with Gasteiger partial charge < -0.3 is 15.2 Å². The van der Waals surface area contributed by atoms with Gasteiger partial charge >= 0.3 is 12.0 Å². The lowest BCUT2D eigenvalue weighted by atomic mass is 10.0. The van der Waals surface area contributed by atoms with E-state index in [2.05, 4.69) is 5.32 Å². The quantitative estimate of drug-likeness (QED) is 0.566. The van der Waals surface area contributed by atoms with Crippen molar-refractivity contribution < 1.29 is 24.2 Å². The van der Waals surface area contributed by atoms with E-state index in [1.165, 1.54) is 0 Å². The minimum absolute atomic E-state index is 0.00405. The zero-order chi connectivity index (χ0) is 15.0. The van der Waals surface area contributed by atoms with E-state index >= 15 is 0 Å². The molecule has 0 aromatic carbocycles. The van der Waals surface area contributed by atoms with Crippen LogP contribution >= 0.6 is 0 Å². The summed E-state index contributed by atoms with van der Waals surface area (Å²) in [6.07, 6.45) is 2.41. The molecule has 1 aliphatic heterocycles. The summed E-state index contributed by atoms with van der Waals surface area (Å²) in [5.41, 5.74) is -2.32. The lowest BCUT2D eigenvalue weighted by Gasteiger charge is -2.21. The van der Waals surface area contributed by atoms with E-state index in [4.69, 9.17) is 4.74 Å². The second-order valence-electron chi connectivity index (χ2n) is 5.89. The first-order valence-corrected chi connectivity index (χ1v) is 6.80. The van der Waals surface area contributed by atoms with Crippen molar-refractivity contribution in [1.82, 2.24) is 10.2 Å². The highest BCUT2D eigenvalue weighted by molar-refractivity contribution is 6.06. The van der Waals surface area contributed by atoms with Crippen molar-refractivity contribution in [3.05, 3.63) is 0 Å². The molecule has 0 bridgehead atoms. The van der Waals surface area contributed by atoms with Crippen LogP contribution in [0.4, 0.5) is 4.79 Å². The highest BCUT2D eigenvalue weighted by Crippen LogP contribution is 2.30. The molecule has 1 aliphatic carbocycles. The van der Waals surface area contributed by atoms with Gasteiger partial charge in [0, 0.05) is 0 Å². The summed E-state index contributed by atoms with van der Waals surface area (Å²) in [5.74, 6) is -1.01. The van der Waals surface area contributed by atoms with Crippen molar-refractivity contribution in [3.8, 4) is 0 Å². The van der Waals surface area contributed by atoms with Crippen LogP contribution in [0.25, 0.3) is 0 Å². The Hall–Kier alpha value is -1.63. The largest absolute Gasteiger partial charge is 0.462 e. The summed E-state index contributed by atoms with van der Waals surface area (Å²) < 4.78 is 4.99. The van der Waals surface area contributed by atoms with Gasteiger partial charge in [-0.05, 0) is 39.5 Å². The standard InChI is InChI=1S/C13H20N2O5/c1-12(2)9(16)15(11(18)14-12)7-8-20-10(17)13(19)5-3-4-6-13/h19H,3-8H2,1-2H3,(H,14,18). The van der Waals surface area contributed by atoms with Crippen molar-refractivity contribution in [1.29, 1.82) is 0 Å². The summed E-state index contributed by atoms with van der Waals surface area (Å²) in [6, 6.07) is -0.490. The molecular formula is C13H20N2O5. The third-order valence-electron chi connectivity index (χ3n) is 3.80. The molecule has 7 heteroatoms. The van der Waals surface area contributed by atoms with Gasteiger partial charge in [0.05, 0.1) is 6.54 Å². The molecule has 2 rings (SSSR count). The minimum Gasteiger partial charge on any atom is -0.462 e. The smallest absolute Gasteiger partial charge is 0.338 e. The maximum Gasteiger partial charge on any atom is 0.338 e. The van der Waals surface area contributed by atoms with Crippen LogP contribution < -0.4 is 5.32 Å². The Labute approximate surface area is 117 Å². The van der Waals surface area contributed by atoms with Crippen LogP contribution in [0.15, 0.2) is 0 Å². The lowest BCUT2D eigenvalue weighted by molar-refractivity contribution is -0.165. The number of imide groups is 1. The molecule has 2 aliphatic rings. The number of carbonyl (C=O) groups is 3. The summed E-state index contributed by atoms with van der Waals surface area (Å²) >= 11 is 0. The fourth-order valence-electron chi connectivity index (χ4n) is 2.55. The number of hydrogen-bond donors (Lipinski definition) is 2. The van der Waals surface area contributed by atoms with Crippen LogP contribution in [0.2, 0.25) is 0 Å². The average molecular weight is 284 g/mol. The lowest BCUT2D eigenvalue weighted by Crippen LogP contribution is -2.41. The van der Waals surface area contributed by atoms with Crippen LogP contribution in [-0.4, -0.2) is 52.2 Å². The zero-order valence-corrected chi connectivity index (χ0v) is 11.8. The van der Waals surface area contributed by atoms with Crippen LogP contribution in [0.1, 0.15) is 39.5 Å². The first-order valence-electron chi connectivity index (χ1n) is 6.80. The number of nitrogens with zero attached hydrogens (tertiary/aromatic N) is 1. The summed E-state index contributed by atoms with van der Waals surface area (Å²) in [7, 11) is 0. The minimum atomic E-state index is -1.39. The number of esters is 1. The molecule has 0 aromatic rings. The van der Waals surface area contributed by atoms with Crippen molar-refractivity contribution in [3.63, 3.8) is 0 Å². The number of rotatable bonds is 4. The monoisotopic (exact) mass is 284 g/mol. The van der Waals surface area contributed by atoms with Gasteiger partial charge in [0.1, 0.15) is 12.1 Å². The second-order valence-corrected chi connectivity index (χ2v) is 5.89. The Kier molecular flexibility index (Phi) is 3.73. The Morgan fingerprint density at radius 1 is 1.35 bits per heavy atom. The van der Waals surface area contributed by atoms with Crippen molar-refractivity contribution in [2.45, 2.75) is 50.7 Å². The van der Waals surface area contributed by atoms with Gasteiger partial charge in [-0.3, -0.25) is 9.69 Å². The normalized spacial score (nSPS) is 23.9. The molecule has 0 radical (unpaired) electrons. The molecule has 112 valence electrons. The van der Waals surface area contributed by atoms with Gasteiger partial charge in [-0.2, -0.15) is 0 Å². The molecule has 1 saturated carbocycles. The van der Waals surface area contributed by atoms with Gasteiger partial charge in [-0.15, -0.1) is 0 Å². The van der Waals surface area contributed by atoms with Gasteiger partial charge in [-0.25, -0.2) is 9.59 Å². The van der Waals surface area contributed by atoms with E-state index in [1.807, 2.05) is 0 Å². The molecule has 0 unspecified atom stereocenters. The number of ether oxygens (including phenoxy) is 1. The highest BCUT2D eigenvalue weighted by atomic mass is 16.5. The Morgan fingerprint density at radius 3 is 2.45 bits per heavy atom. The van der Waals surface area contributed by atoms with E-state index in [-0.39, 0.29) is 19.1 Å². The topological polar surface area (TPSA) is 95.9 Å². The maximum absolute atomic E-state index is 11.9. The molecule has 20 heavy (non-hydrogen) atoms. The highest BCUT2D eigenvalue weighted by Gasteiger charge is 2.44. The van der Waals surface area contributed by atoms with Crippen molar-refractivity contribution in [2.75, 3.05) is 13.2 Å². The van der Waals surface area contributed by atoms with E-state index < -0.39 is 23.1 Å². The zero-order valence-electron chi connectivity index (χ0n) is 11.8. The molecule has 2 N–H and O–H groups in total. The number of nitrogens with one attached hydrogen (secondary N) is 1. The molecule has 1 saturated heterocycles. The molecule has 0 spiro atoms. The molecule has 1 heterocycles. The van der Waals surface area contributed by atoms with Gasteiger partial charge in [-0.1, -0.05) is 0 Å². The van der Waals surface area contributed by atoms with E-state index in [1.54, 1.807) is 13.8 Å². The van der Waals surface area contributed by atoms with Crippen LogP contribution in [-0.2, 0) is 14.3 Å². The molecule has 7 nitrogen and oxygen atoms in total. The van der Waals surface area contributed by atoms with Crippen molar-refractivity contribution in [2.24, 2.45) is 0 Å². The van der Waals surface area contributed by atoms with Gasteiger partial charge in [0.25, 0.3) is 5.91 Å². The van der Waals surface area contributed by atoms with Crippen molar-refractivity contribution >= 4 is 17.9 Å². The molecule has 0 aromatic heterocycles. The number of aliphatic hydroxyl groups is 1. The summed E-state index contributed by atoms with van der Waals surface area (Å²) in [5, 5.41) is 12.5. The molecule has 0 atom stereocenters. The fourth-order valence-corrected chi connectivity index (χ4v) is 2.55. The molecule has 3 amide bonds. The SMILES string of the molecule is CC1(C)NC(=O)N(CCOC(=O)C2(O)CCCC2)C1=O. The molecule has 2 fully saturated rings. The second kappa shape index (κ2) is 5.05. The first-order chi connectivity index (χ1) is 9.26. The summed E-state index contributed by atoms with van der Waals surface area (Å²) in [4.78, 5) is 36.3. The third-order valence-corrected chi connectivity index (χ3v) is 3.80. The van der Waals surface area contributed by atoms with Crippen LogP contribution in [0.5, 0.6) is 0 Å². The number of carbonyl (C=O) groups excluding carboxylic acids is 3. The predicted octanol–water partition coefficient (Wildman–Crippen LogP) is 0.165. The Bertz CT molecular complexity index is 440. The summed E-state index contributed by atoms with van der Waals surface area (Å²) in [6.45, 7) is 3.12. The molecular weight excluding hydrogens is 264 g/mol. The predicted molar refractivity (Wildman–Crippen MR) is 68.7 cm³/mol. The van der Waals surface area contributed by atoms with E-state index in [9.17, 15) is 19.5 Å². The van der Waals surface area contributed by atoms with Crippen LogP contribution in [0, 0.1) is 0 Å². The Balaban J connectivity index is 1.83. The van der Waals surface area contributed by atoms with E-state index in [0.717, 1.165) is 17.7 Å². The number of hydrogen-bond acceptors (Lipinski definition) is 5. The van der Waals surface area contributed by atoms with Crippen LogP contribution in [0.3, 0.4) is 0 Å². The first kappa shape index (κ1) is 14.8. The van der Waals surface area contributed by atoms with Gasteiger partial charge in [0.15, 0.2) is 5.60 Å². The third kappa shape index (κ3) is 2.63. The number of amides is 3. The average Bonchev–Trinajstić information content (AvgIpc) is 2.87. The maximum atomic E-state index is 11.9. The Morgan fingerprint density at radius 2 is 1.95 bits per heavy atom. The van der Waals surface area contributed by atoms with E-state index in [0.29, 0.717) is 12.8 Å². The fraction of sp³-hybridized carbons (Fsp3) is 0.769.